The Morgan fingerprint density at radius 3 is 2.21 bits per heavy atom. The highest BCUT2D eigenvalue weighted by Gasteiger charge is 2.23. The molecule has 0 spiro atoms. The molecule has 0 heterocycles. The molecule has 0 amide bonds. The van der Waals surface area contributed by atoms with E-state index in [2.05, 4.69) is 12.1 Å². The summed E-state index contributed by atoms with van der Waals surface area (Å²) in [6.07, 6.45) is 1.42. The van der Waals surface area contributed by atoms with Crippen molar-refractivity contribution in [3.8, 4) is 16.9 Å². The largest absolute Gasteiger partial charge is 0.507 e. The van der Waals surface area contributed by atoms with Gasteiger partial charge in [-0.05, 0) is 42.5 Å². The first-order chi connectivity index (χ1) is 13.5. The van der Waals surface area contributed by atoms with Gasteiger partial charge < -0.3 is 9.84 Å². The van der Waals surface area contributed by atoms with E-state index >= 15 is 0 Å². The molecule has 0 saturated heterocycles. The van der Waals surface area contributed by atoms with Gasteiger partial charge in [0, 0.05) is 18.4 Å². The molecule has 0 aromatic heterocycles. The summed E-state index contributed by atoms with van der Waals surface area (Å²) in [6.45, 7) is 3.35. The van der Waals surface area contributed by atoms with Crippen LogP contribution in [0.15, 0.2) is 78.9 Å². The lowest BCUT2D eigenvalue weighted by atomic mass is 9.87. The Balaban J connectivity index is 1.86. The molecule has 2 unspecified atom stereocenters. The van der Waals surface area contributed by atoms with Crippen LogP contribution >= 0.6 is 0 Å². The molecule has 2 atom stereocenters. The molecular formula is C25H26O3. The molecule has 3 rings (SSSR count). The van der Waals surface area contributed by atoms with E-state index < -0.39 is 0 Å². The van der Waals surface area contributed by atoms with E-state index in [9.17, 15) is 9.90 Å². The van der Waals surface area contributed by atoms with Gasteiger partial charge in [-0.25, -0.2) is 0 Å². The second kappa shape index (κ2) is 9.23. The second-order valence-corrected chi connectivity index (χ2v) is 7.09. The summed E-state index contributed by atoms with van der Waals surface area (Å²) >= 11 is 0. The molecule has 0 aliphatic heterocycles. The summed E-state index contributed by atoms with van der Waals surface area (Å²) in [5.74, 6) is -0.0504. The standard InChI is InChI=1S/C25H26O3/c1-18(28-19(2)26)23(15-13-20-9-5-3-6-10-20)22-14-16-24(25(27)17-22)21-11-7-4-8-12-21/h3-12,14,16-18,23,27H,13,15H2,1-2H3. The van der Waals surface area contributed by atoms with Crippen molar-refractivity contribution >= 4 is 5.97 Å². The molecule has 3 heteroatoms. The summed E-state index contributed by atoms with van der Waals surface area (Å²) in [5.41, 5.74) is 3.99. The number of rotatable bonds is 7. The molecule has 144 valence electrons. The Hall–Kier alpha value is -3.07. The number of carbonyl (C=O) groups excluding carboxylic acids is 1. The van der Waals surface area contributed by atoms with E-state index in [0.717, 1.165) is 29.5 Å². The van der Waals surface area contributed by atoms with Crippen LogP contribution < -0.4 is 0 Å². The van der Waals surface area contributed by atoms with E-state index in [4.69, 9.17) is 4.74 Å². The lowest BCUT2D eigenvalue weighted by molar-refractivity contribution is -0.146. The highest BCUT2D eigenvalue weighted by atomic mass is 16.5. The number of carbonyl (C=O) groups is 1. The molecular weight excluding hydrogens is 348 g/mol. The van der Waals surface area contributed by atoms with Crippen molar-refractivity contribution in [2.24, 2.45) is 0 Å². The van der Waals surface area contributed by atoms with Crippen molar-refractivity contribution in [2.75, 3.05) is 0 Å². The number of hydrogen-bond donors (Lipinski definition) is 1. The van der Waals surface area contributed by atoms with Crippen molar-refractivity contribution in [1.82, 2.24) is 0 Å². The molecule has 0 aliphatic carbocycles. The number of hydrogen-bond acceptors (Lipinski definition) is 3. The zero-order valence-electron chi connectivity index (χ0n) is 16.3. The molecule has 0 saturated carbocycles. The summed E-state index contributed by atoms with van der Waals surface area (Å²) in [7, 11) is 0. The normalized spacial score (nSPS) is 12.9. The van der Waals surface area contributed by atoms with Crippen LogP contribution in [0.1, 0.15) is 37.3 Å². The maximum absolute atomic E-state index is 11.5. The summed E-state index contributed by atoms with van der Waals surface area (Å²) in [4.78, 5) is 11.5. The van der Waals surface area contributed by atoms with Crippen molar-refractivity contribution in [3.05, 3.63) is 90.0 Å². The Labute approximate surface area is 166 Å². The third-order valence-corrected chi connectivity index (χ3v) is 5.04. The van der Waals surface area contributed by atoms with E-state index in [0.29, 0.717) is 0 Å². The molecule has 28 heavy (non-hydrogen) atoms. The average molecular weight is 374 g/mol. The molecule has 0 radical (unpaired) electrons. The minimum atomic E-state index is -0.290. The van der Waals surface area contributed by atoms with Crippen LogP contribution in [0.3, 0.4) is 0 Å². The van der Waals surface area contributed by atoms with Crippen LogP contribution in [0.5, 0.6) is 5.75 Å². The number of aromatic hydroxyl groups is 1. The number of aryl methyl sites for hydroxylation is 1. The van der Waals surface area contributed by atoms with Gasteiger partial charge in [0.2, 0.25) is 0 Å². The zero-order chi connectivity index (χ0) is 19.9. The van der Waals surface area contributed by atoms with Gasteiger partial charge in [-0.2, -0.15) is 0 Å². The van der Waals surface area contributed by atoms with E-state index in [1.807, 2.05) is 67.6 Å². The van der Waals surface area contributed by atoms with E-state index in [-0.39, 0.29) is 23.7 Å². The maximum Gasteiger partial charge on any atom is 0.302 e. The van der Waals surface area contributed by atoms with Gasteiger partial charge in [0.25, 0.3) is 0 Å². The van der Waals surface area contributed by atoms with Crippen LogP contribution in [0.25, 0.3) is 11.1 Å². The van der Waals surface area contributed by atoms with Gasteiger partial charge in [-0.1, -0.05) is 72.8 Å². The van der Waals surface area contributed by atoms with Gasteiger partial charge in [-0.3, -0.25) is 4.79 Å². The van der Waals surface area contributed by atoms with Crippen molar-refractivity contribution in [1.29, 1.82) is 0 Å². The smallest absolute Gasteiger partial charge is 0.302 e. The second-order valence-electron chi connectivity index (χ2n) is 7.09. The minimum absolute atomic E-state index is 0.000158. The fourth-order valence-corrected chi connectivity index (χ4v) is 3.62. The van der Waals surface area contributed by atoms with Crippen molar-refractivity contribution in [3.63, 3.8) is 0 Å². The third kappa shape index (κ3) is 5.01. The Kier molecular flexibility index (Phi) is 6.49. The number of phenols is 1. The molecule has 3 aromatic rings. The van der Waals surface area contributed by atoms with Crippen LogP contribution in [-0.2, 0) is 16.0 Å². The molecule has 3 nitrogen and oxygen atoms in total. The number of benzene rings is 3. The zero-order valence-corrected chi connectivity index (χ0v) is 16.3. The van der Waals surface area contributed by atoms with E-state index in [1.165, 1.54) is 12.5 Å². The lowest BCUT2D eigenvalue weighted by Gasteiger charge is -2.25. The highest BCUT2D eigenvalue weighted by Crippen LogP contribution is 2.35. The fraction of sp³-hybridized carbons (Fsp3) is 0.240. The number of esters is 1. The SMILES string of the molecule is CC(=O)OC(C)C(CCc1ccccc1)c1ccc(-c2ccccc2)c(O)c1. The average Bonchev–Trinajstić information content (AvgIpc) is 2.69. The van der Waals surface area contributed by atoms with Crippen LogP contribution in [-0.4, -0.2) is 17.2 Å². The summed E-state index contributed by atoms with van der Waals surface area (Å²) in [6, 6.07) is 25.8. The summed E-state index contributed by atoms with van der Waals surface area (Å²) < 4.78 is 5.49. The lowest BCUT2D eigenvalue weighted by Crippen LogP contribution is -2.22. The van der Waals surface area contributed by atoms with Crippen molar-refractivity contribution < 1.29 is 14.6 Å². The Morgan fingerprint density at radius 1 is 0.964 bits per heavy atom. The molecule has 0 aliphatic rings. The number of phenolic OH excluding ortho intramolecular Hbond substituents is 1. The fourth-order valence-electron chi connectivity index (χ4n) is 3.62. The maximum atomic E-state index is 11.5. The van der Waals surface area contributed by atoms with Gasteiger partial charge in [-0.15, -0.1) is 0 Å². The Bertz CT molecular complexity index is 904. The van der Waals surface area contributed by atoms with Gasteiger partial charge in [0.05, 0.1) is 0 Å². The predicted molar refractivity (Wildman–Crippen MR) is 112 cm³/mol. The molecule has 1 N–H and O–H groups in total. The van der Waals surface area contributed by atoms with Crippen LogP contribution in [0.4, 0.5) is 0 Å². The first-order valence-electron chi connectivity index (χ1n) is 9.64. The van der Waals surface area contributed by atoms with Gasteiger partial charge in [0.1, 0.15) is 11.9 Å². The molecule has 0 fully saturated rings. The van der Waals surface area contributed by atoms with E-state index in [1.54, 1.807) is 6.07 Å². The first kappa shape index (κ1) is 19.7. The molecule has 0 bridgehead atoms. The van der Waals surface area contributed by atoms with Crippen LogP contribution in [0.2, 0.25) is 0 Å². The topological polar surface area (TPSA) is 46.5 Å². The number of ether oxygens (including phenoxy) is 1. The Morgan fingerprint density at radius 2 is 1.61 bits per heavy atom. The molecule has 3 aromatic carbocycles. The summed E-state index contributed by atoms with van der Waals surface area (Å²) in [5, 5.41) is 10.6. The van der Waals surface area contributed by atoms with Gasteiger partial charge in [0.15, 0.2) is 0 Å². The minimum Gasteiger partial charge on any atom is -0.507 e. The van der Waals surface area contributed by atoms with Gasteiger partial charge >= 0.3 is 5.97 Å². The van der Waals surface area contributed by atoms with Crippen LogP contribution in [0, 0.1) is 0 Å². The monoisotopic (exact) mass is 374 g/mol. The predicted octanol–water partition coefficient (Wildman–Crippen LogP) is 5.73. The quantitative estimate of drug-likeness (QED) is 0.537. The third-order valence-electron chi connectivity index (χ3n) is 5.04. The first-order valence-corrected chi connectivity index (χ1v) is 9.64. The van der Waals surface area contributed by atoms with Crippen molar-refractivity contribution in [2.45, 2.75) is 38.7 Å². The highest BCUT2D eigenvalue weighted by molar-refractivity contribution is 5.70.